The Balaban J connectivity index is 1.63. The maximum absolute atomic E-state index is 6.01. The average Bonchev–Trinajstić information content (AvgIpc) is 3.18. The molecule has 25 heavy (non-hydrogen) atoms. The molecule has 0 aliphatic rings. The van der Waals surface area contributed by atoms with Crippen LogP contribution in [0.1, 0.15) is 11.4 Å². The molecular formula is C18H17N5OS. The van der Waals surface area contributed by atoms with Crippen LogP contribution >= 0.6 is 11.3 Å². The number of benzene rings is 1. The van der Waals surface area contributed by atoms with E-state index in [9.17, 15) is 0 Å². The monoisotopic (exact) mass is 351 g/mol. The number of H-pyrrole nitrogens is 1. The molecule has 4 rings (SSSR count). The summed E-state index contributed by atoms with van der Waals surface area (Å²) in [5.41, 5.74) is 3.72. The Hall–Kier alpha value is -2.93. The van der Waals surface area contributed by atoms with Crippen LogP contribution in [-0.2, 0) is 0 Å². The summed E-state index contributed by atoms with van der Waals surface area (Å²) in [6.07, 6.45) is 1.72. The van der Waals surface area contributed by atoms with E-state index in [0.717, 1.165) is 49.8 Å². The Bertz CT molecular complexity index is 1030. The van der Waals surface area contributed by atoms with Gasteiger partial charge in [-0.05, 0) is 32.0 Å². The van der Waals surface area contributed by atoms with Crippen molar-refractivity contribution >= 4 is 26.7 Å². The fourth-order valence-corrected chi connectivity index (χ4v) is 3.33. The molecule has 0 saturated carbocycles. The average molecular weight is 351 g/mol. The van der Waals surface area contributed by atoms with E-state index in [1.807, 2.05) is 51.2 Å². The van der Waals surface area contributed by atoms with Crippen molar-refractivity contribution in [2.24, 2.45) is 0 Å². The number of fused-ring (bicyclic) bond motifs is 1. The van der Waals surface area contributed by atoms with E-state index in [0.29, 0.717) is 0 Å². The minimum atomic E-state index is 0.717. The summed E-state index contributed by atoms with van der Waals surface area (Å²) in [7, 11) is 1.87. The number of hydrogen-bond acceptors (Lipinski definition) is 6. The number of imidazole rings is 1. The lowest BCUT2D eigenvalue weighted by molar-refractivity contribution is 0.483. The number of nitrogens with zero attached hydrogens (tertiary/aromatic N) is 3. The minimum absolute atomic E-state index is 0.717. The van der Waals surface area contributed by atoms with Crippen molar-refractivity contribution in [2.45, 2.75) is 13.8 Å². The predicted molar refractivity (Wildman–Crippen MR) is 101 cm³/mol. The molecule has 0 radical (unpaired) electrons. The number of anilines is 1. The highest BCUT2D eigenvalue weighted by Gasteiger charge is 2.09. The molecule has 0 amide bonds. The van der Waals surface area contributed by atoms with Crippen LogP contribution < -0.4 is 10.1 Å². The fraction of sp³-hybridized carbons (Fsp3) is 0.167. The number of nitrogens with one attached hydrogen (secondary N) is 2. The standard InChI is InChI=1S/C18H17N5OS/c1-10-11(2)22-17(21-10)15-8-13(6-7-20-15)24-12-4-5-14-16(9-12)25-18(19-3)23-14/h4-9H,1-3H3,(H,19,23)(H,21,22). The summed E-state index contributed by atoms with van der Waals surface area (Å²) >= 11 is 1.60. The van der Waals surface area contributed by atoms with Gasteiger partial charge in [0.1, 0.15) is 17.2 Å². The molecule has 0 fully saturated rings. The second kappa shape index (κ2) is 6.18. The Kier molecular flexibility index (Phi) is 3.85. The molecule has 0 atom stereocenters. The van der Waals surface area contributed by atoms with Crippen molar-refractivity contribution in [3.8, 4) is 23.0 Å². The Morgan fingerprint density at radius 2 is 1.92 bits per heavy atom. The van der Waals surface area contributed by atoms with Crippen LogP contribution in [0.2, 0.25) is 0 Å². The SMILES string of the molecule is CNc1nc2ccc(Oc3ccnc(-c4nc(C)c(C)[nH]4)c3)cc2s1. The number of ether oxygens (including phenoxy) is 1. The van der Waals surface area contributed by atoms with E-state index < -0.39 is 0 Å². The van der Waals surface area contributed by atoms with Crippen molar-refractivity contribution in [1.29, 1.82) is 0 Å². The molecule has 3 aromatic heterocycles. The first-order chi connectivity index (χ1) is 12.1. The quantitative estimate of drug-likeness (QED) is 0.565. The van der Waals surface area contributed by atoms with Gasteiger partial charge in [-0.15, -0.1) is 0 Å². The van der Waals surface area contributed by atoms with Gasteiger partial charge in [-0.2, -0.15) is 0 Å². The Morgan fingerprint density at radius 1 is 1.08 bits per heavy atom. The molecule has 1 aromatic carbocycles. The van der Waals surface area contributed by atoms with E-state index in [4.69, 9.17) is 4.74 Å². The largest absolute Gasteiger partial charge is 0.457 e. The van der Waals surface area contributed by atoms with Crippen molar-refractivity contribution in [3.05, 3.63) is 47.9 Å². The fourth-order valence-electron chi connectivity index (χ4n) is 2.48. The maximum atomic E-state index is 6.01. The van der Waals surface area contributed by atoms with Crippen LogP contribution in [0.5, 0.6) is 11.5 Å². The molecule has 3 heterocycles. The molecule has 126 valence electrons. The van der Waals surface area contributed by atoms with Crippen molar-refractivity contribution in [2.75, 3.05) is 12.4 Å². The van der Waals surface area contributed by atoms with Crippen molar-refractivity contribution in [3.63, 3.8) is 0 Å². The lowest BCUT2D eigenvalue weighted by Gasteiger charge is -2.06. The van der Waals surface area contributed by atoms with Gasteiger partial charge in [0.2, 0.25) is 0 Å². The van der Waals surface area contributed by atoms with Gasteiger partial charge in [0.05, 0.1) is 15.9 Å². The second-order valence-corrected chi connectivity index (χ2v) is 6.70. The van der Waals surface area contributed by atoms with Crippen LogP contribution in [0.15, 0.2) is 36.5 Å². The summed E-state index contributed by atoms with van der Waals surface area (Å²) in [4.78, 5) is 16.6. The van der Waals surface area contributed by atoms with Crippen LogP contribution in [0.4, 0.5) is 5.13 Å². The van der Waals surface area contributed by atoms with Gasteiger partial charge in [0.15, 0.2) is 11.0 Å². The van der Waals surface area contributed by atoms with E-state index in [1.54, 1.807) is 17.5 Å². The van der Waals surface area contributed by atoms with Crippen LogP contribution in [-0.4, -0.2) is 27.0 Å². The van der Waals surface area contributed by atoms with Crippen LogP contribution in [0, 0.1) is 13.8 Å². The number of hydrogen-bond donors (Lipinski definition) is 2. The zero-order valence-electron chi connectivity index (χ0n) is 14.1. The minimum Gasteiger partial charge on any atom is -0.457 e. The number of pyridine rings is 1. The molecule has 0 spiro atoms. The van der Waals surface area contributed by atoms with Gasteiger partial charge < -0.3 is 15.0 Å². The maximum Gasteiger partial charge on any atom is 0.183 e. The van der Waals surface area contributed by atoms with Crippen LogP contribution in [0.25, 0.3) is 21.7 Å². The normalized spacial score (nSPS) is 11.0. The Morgan fingerprint density at radius 3 is 2.68 bits per heavy atom. The predicted octanol–water partition coefficient (Wildman–Crippen LogP) is 4.53. The first kappa shape index (κ1) is 15.6. The summed E-state index contributed by atoms with van der Waals surface area (Å²) in [6.45, 7) is 3.97. The number of aryl methyl sites for hydroxylation is 2. The number of aromatic amines is 1. The smallest absolute Gasteiger partial charge is 0.183 e. The molecule has 0 bridgehead atoms. The summed E-state index contributed by atoms with van der Waals surface area (Å²) in [5.74, 6) is 2.23. The highest BCUT2D eigenvalue weighted by Crippen LogP contribution is 2.31. The number of thiazole rings is 1. The third-order valence-corrected chi connectivity index (χ3v) is 4.95. The topological polar surface area (TPSA) is 75.7 Å². The van der Waals surface area contributed by atoms with Gasteiger partial charge >= 0.3 is 0 Å². The van der Waals surface area contributed by atoms with E-state index in [-0.39, 0.29) is 0 Å². The zero-order chi connectivity index (χ0) is 17.4. The molecule has 0 aliphatic carbocycles. The van der Waals surface area contributed by atoms with Crippen LogP contribution in [0.3, 0.4) is 0 Å². The van der Waals surface area contributed by atoms with Gasteiger partial charge in [-0.3, -0.25) is 4.98 Å². The van der Waals surface area contributed by atoms with Gasteiger partial charge in [-0.25, -0.2) is 9.97 Å². The molecule has 6 nitrogen and oxygen atoms in total. The molecule has 0 unspecified atom stereocenters. The van der Waals surface area contributed by atoms with Gasteiger partial charge in [0, 0.05) is 31.1 Å². The van der Waals surface area contributed by atoms with Gasteiger partial charge in [-0.1, -0.05) is 11.3 Å². The third-order valence-electron chi connectivity index (χ3n) is 3.91. The Labute approximate surface area is 148 Å². The van der Waals surface area contributed by atoms with E-state index >= 15 is 0 Å². The first-order valence-corrected chi connectivity index (χ1v) is 8.70. The summed E-state index contributed by atoms with van der Waals surface area (Å²) in [5, 5.41) is 3.96. The molecule has 0 saturated heterocycles. The highest BCUT2D eigenvalue weighted by atomic mass is 32.1. The lowest BCUT2D eigenvalue weighted by Crippen LogP contribution is -1.89. The van der Waals surface area contributed by atoms with Crippen molar-refractivity contribution < 1.29 is 4.74 Å². The lowest BCUT2D eigenvalue weighted by atomic mass is 10.3. The molecular weight excluding hydrogens is 334 g/mol. The van der Waals surface area contributed by atoms with E-state index in [1.165, 1.54) is 0 Å². The molecule has 0 aliphatic heterocycles. The number of aromatic nitrogens is 4. The molecule has 4 aromatic rings. The molecule has 7 heteroatoms. The van der Waals surface area contributed by atoms with Crippen molar-refractivity contribution in [1.82, 2.24) is 19.9 Å². The third kappa shape index (κ3) is 3.06. The zero-order valence-corrected chi connectivity index (χ0v) is 14.9. The first-order valence-electron chi connectivity index (χ1n) is 7.88. The highest BCUT2D eigenvalue weighted by molar-refractivity contribution is 7.22. The molecule has 2 N–H and O–H groups in total. The van der Waals surface area contributed by atoms with E-state index in [2.05, 4.69) is 25.3 Å². The summed E-state index contributed by atoms with van der Waals surface area (Å²) < 4.78 is 7.08. The summed E-state index contributed by atoms with van der Waals surface area (Å²) in [6, 6.07) is 9.59. The van der Waals surface area contributed by atoms with Gasteiger partial charge in [0.25, 0.3) is 0 Å². The number of rotatable bonds is 4. The second-order valence-electron chi connectivity index (χ2n) is 5.67.